The maximum Gasteiger partial charge on any atom is 0.0241 e. The number of hydrogen-bond donors (Lipinski definition) is 1. The van der Waals surface area contributed by atoms with Crippen LogP contribution in [0.5, 0.6) is 0 Å². The highest BCUT2D eigenvalue weighted by atomic mass is 15.2. The lowest BCUT2D eigenvalue weighted by molar-refractivity contribution is 0.169. The topological polar surface area (TPSA) is 15.3 Å². The minimum absolute atomic E-state index is 0.624. The van der Waals surface area contributed by atoms with E-state index in [9.17, 15) is 0 Å². The van der Waals surface area contributed by atoms with Crippen molar-refractivity contribution in [2.75, 3.05) is 19.6 Å². The molecule has 0 aromatic heterocycles. The maximum atomic E-state index is 3.63. The van der Waals surface area contributed by atoms with Gasteiger partial charge in [0.15, 0.2) is 0 Å². The van der Waals surface area contributed by atoms with Crippen LogP contribution in [-0.2, 0) is 6.54 Å². The van der Waals surface area contributed by atoms with Crippen LogP contribution >= 0.6 is 0 Å². The summed E-state index contributed by atoms with van der Waals surface area (Å²) in [6.07, 6.45) is 0. The molecular formula is C18H24N2. The second-order valence-electron chi connectivity index (χ2n) is 6.18. The first-order valence-corrected chi connectivity index (χ1v) is 7.66. The molecule has 0 saturated carbocycles. The van der Waals surface area contributed by atoms with Gasteiger partial charge < -0.3 is 5.32 Å². The molecule has 0 spiro atoms. The van der Waals surface area contributed by atoms with Gasteiger partial charge in [0.1, 0.15) is 0 Å². The summed E-state index contributed by atoms with van der Waals surface area (Å²) in [6.45, 7) is 9.07. The van der Waals surface area contributed by atoms with Crippen molar-refractivity contribution < 1.29 is 0 Å². The van der Waals surface area contributed by atoms with Crippen LogP contribution < -0.4 is 5.32 Å². The van der Waals surface area contributed by atoms with E-state index >= 15 is 0 Å². The van der Waals surface area contributed by atoms with E-state index in [0.29, 0.717) is 12.0 Å². The van der Waals surface area contributed by atoms with Crippen LogP contribution in [0.4, 0.5) is 0 Å². The van der Waals surface area contributed by atoms with Crippen LogP contribution in [0, 0.1) is 5.92 Å². The van der Waals surface area contributed by atoms with Crippen molar-refractivity contribution in [2.24, 2.45) is 5.92 Å². The molecule has 2 aromatic rings. The predicted molar refractivity (Wildman–Crippen MR) is 85.9 cm³/mol. The summed E-state index contributed by atoms with van der Waals surface area (Å²) < 4.78 is 0. The van der Waals surface area contributed by atoms with E-state index in [4.69, 9.17) is 0 Å². The number of piperazine rings is 1. The van der Waals surface area contributed by atoms with Crippen molar-refractivity contribution in [1.82, 2.24) is 10.2 Å². The average molecular weight is 268 g/mol. The Labute approximate surface area is 121 Å². The van der Waals surface area contributed by atoms with Gasteiger partial charge in [0.05, 0.1) is 0 Å². The van der Waals surface area contributed by atoms with Gasteiger partial charge in [-0.25, -0.2) is 0 Å². The van der Waals surface area contributed by atoms with E-state index in [-0.39, 0.29) is 0 Å². The van der Waals surface area contributed by atoms with Crippen LogP contribution in [0.15, 0.2) is 42.5 Å². The molecule has 1 aliphatic heterocycles. The summed E-state index contributed by atoms with van der Waals surface area (Å²) in [6, 6.07) is 16.0. The number of rotatable bonds is 3. The molecule has 1 atom stereocenters. The minimum atomic E-state index is 0.624. The zero-order valence-electron chi connectivity index (χ0n) is 12.5. The van der Waals surface area contributed by atoms with Crippen molar-refractivity contribution in [3.63, 3.8) is 0 Å². The number of fused-ring (bicyclic) bond motifs is 1. The Kier molecular flexibility index (Phi) is 4.04. The molecule has 1 unspecified atom stereocenters. The molecule has 1 saturated heterocycles. The zero-order valence-corrected chi connectivity index (χ0v) is 12.5. The highest BCUT2D eigenvalue weighted by Gasteiger charge is 2.21. The van der Waals surface area contributed by atoms with Crippen molar-refractivity contribution in [1.29, 1.82) is 0 Å². The molecule has 2 aromatic carbocycles. The Morgan fingerprint density at radius 2 is 1.95 bits per heavy atom. The molecule has 1 aliphatic rings. The van der Waals surface area contributed by atoms with E-state index in [2.05, 4.69) is 66.5 Å². The number of benzene rings is 2. The Bertz CT molecular complexity index is 571. The van der Waals surface area contributed by atoms with Crippen LogP contribution in [-0.4, -0.2) is 30.6 Å². The maximum absolute atomic E-state index is 3.63. The molecule has 2 heteroatoms. The molecule has 1 fully saturated rings. The van der Waals surface area contributed by atoms with Crippen molar-refractivity contribution in [2.45, 2.75) is 26.4 Å². The third kappa shape index (κ3) is 2.87. The molecule has 1 heterocycles. The predicted octanol–water partition coefficient (Wildman–Crippen LogP) is 3.27. The normalized spacial score (nSPS) is 20.6. The fourth-order valence-electron chi connectivity index (χ4n) is 3.10. The zero-order chi connectivity index (χ0) is 13.9. The Balaban J connectivity index is 1.79. The van der Waals surface area contributed by atoms with Crippen molar-refractivity contribution in [3.05, 3.63) is 48.0 Å². The van der Waals surface area contributed by atoms with Gasteiger partial charge in [0, 0.05) is 32.2 Å². The second-order valence-corrected chi connectivity index (χ2v) is 6.18. The summed E-state index contributed by atoms with van der Waals surface area (Å²) in [5.74, 6) is 0.699. The summed E-state index contributed by atoms with van der Waals surface area (Å²) in [5.41, 5.74) is 1.45. The molecule has 106 valence electrons. The monoisotopic (exact) mass is 268 g/mol. The summed E-state index contributed by atoms with van der Waals surface area (Å²) in [4.78, 5) is 2.59. The van der Waals surface area contributed by atoms with Crippen LogP contribution in [0.3, 0.4) is 0 Å². The van der Waals surface area contributed by atoms with E-state index in [1.165, 1.54) is 16.3 Å². The first kappa shape index (κ1) is 13.6. The Hall–Kier alpha value is -1.38. The number of hydrogen-bond acceptors (Lipinski definition) is 2. The largest absolute Gasteiger partial charge is 0.311 e. The van der Waals surface area contributed by atoms with Gasteiger partial charge in [-0.05, 0) is 22.3 Å². The fraction of sp³-hybridized carbons (Fsp3) is 0.444. The van der Waals surface area contributed by atoms with Crippen LogP contribution in [0.1, 0.15) is 19.4 Å². The first-order chi connectivity index (χ1) is 9.74. The number of nitrogens with zero attached hydrogens (tertiary/aromatic N) is 1. The van der Waals surface area contributed by atoms with Crippen molar-refractivity contribution >= 4 is 10.8 Å². The smallest absolute Gasteiger partial charge is 0.0241 e. The Morgan fingerprint density at radius 1 is 1.15 bits per heavy atom. The molecular weight excluding hydrogens is 244 g/mol. The molecule has 1 N–H and O–H groups in total. The van der Waals surface area contributed by atoms with Gasteiger partial charge in [-0.2, -0.15) is 0 Å². The lowest BCUT2D eigenvalue weighted by atomic mass is 10.0. The lowest BCUT2D eigenvalue weighted by Crippen LogP contribution is -2.52. The van der Waals surface area contributed by atoms with Gasteiger partial charge in [0.2, 0.25) is 0 Å². The van der Waals surface area contributed by atoms with Gasteiger partial charge in [-0.3, -0.25) is 4.90 Å². The molecule has 0 bridgehead atoms. The third-order valence-electron chi connectivity index (χ3n) is 4.37. The SMILES string of the molecule is CC(C)C1CN(Cc2cccc3ccccc23)CCN1. The van der Waals surface area contributed by atoms with E-state index in [0.717, 1.165) is 26.2 Å². The third-order valence-corrected chi connectivity index (χ3v) is 4.37. The fourth-order valence-corrected chi connectivity index (χ4v) is 3.10. The summed E-state index contributed by atoms with van der Waals surface area (Å²) >= 11 is 0. The highest BCUT2D eigenvalue weighted by molar-refractivity contribution is 5.85. The van der Waals surface area contributed by atoms with Gasteiger partial charge in [0.25, 0.3) is 0 Å². The lowest BCUT2D eigenvalue weighted by Gasteiger charge is -2.36. The molecule has 2 nitrogen and oxygen atoms in total. The summed E-state index contributed by atoms with van der Waals surface area (Å²) in [5, 5.41) is 6.38. The Morgan fingerprint density at radius 3 is 2.80 bits per heavy atom. The second kappa shape index (κ2) is 5.94. The summed E-state index contributed by atoms with van der Waals surface area (Å²) in [7, 11) is 0. The molecule has 0 aliphatic carbocycles. The average Bonchev–Trinajstić information content (AvgIpc) is 2.48. The highest BCUT2D eigenvalue weighted by Crippen LogP contribution is 2.21. The van der Waals surface area contributed by atoms with E-state index in [1.807, 2.05) is 0 Å². The minimum Gasteiger partial charge on any atom is -0.311 e. The first-order valence-electron chi connectivity index (χ1n) is 7.66. The van der Waals surface area contributed by atoms with Crippen LogP contribution in [0.25, 0.3) is 10.8 Å². The molecule has 20 heavy (non-hydrogen) atoms. The van der Waals surface area contributed by atoms with Gasteiger partial charge in [-0.15, -0.1) is 0 Å². The molecule has 0 amide bonds. The quantitative estimate of drug-likeness (QED) is 0.919. The molecule has 0 radical (unpaired) electrons. The van der Waals surface area contributed by atoms with Gasteiger partial charge >= 0.3 is 0 Å². The van der Waals surface area contributed by atoms with E-state index in [1.54, 1.807) is 0 Å². The standard InChI is InChI=1S/C18H24N2/c1-14(2)18-13-20(11-10-19-18)12-16-8-5-7-15-6-3-4-9-17(15)16/h3-9,14,18-19H,10-13H2,1-2H3. The van der Waals surface area contributed by atoms with E-state index < -0.39 is 0 Å². The van der Waals surface area contributed by atoms with Gasteiger partial charge in [-0.1, -0.05) is 56.3 Å². The van der Waals surface area contributed by atoms with Crippen LogP contribution in [0.2, 0.25) is 0 Å². The number of nitrogens with one attached hydrogen (secondary N) is 1. The molecule has 3 rings (SSSR count). The van der Waals surface area contributed by atoms with Crippen molar-refractivity contribution in [3.8, 4) is 0 Å².